The van der Waals surface area contributed by atoms with E-state index in [1.54, 1.807) is 7.11 Å². The first-order chi connectivity index (χ1) is 8.35. The van der Waals surface area contributed by atoms with Gasteiger partial charge in [-0.2, -0.15) is 0 Å². The zero-order chi connectivity index (χ0) is 12.8. The Balaban J connectivity index is 3.11. The van der Waals surface area contributed by atoms with Gasteiger partial charge in [0, 0.05) is 40.1 Å². The quantitative estimate of drug-likeness (QED) is 0.489. The summed E-state index contributed by atoms with van der Waals surface area (Å²) in [4.78, 5) is 0. The second kappa shape index (κ2) is 13.9. The zero-order valence-corrected chi connectivity index (χ0v) is 11.2. The molecule has 0 saturated heterocycles. The van der Waals surface area contributed by atoms with Gasteiger partial charge in [-0.3, -0.25) is 0 Å². The molecule has 0 aromatic carbocycles. The SMILES string of the molecule is CCOC(CN)CCOCCCOCCOC. The van der Waals surface area contributed by atoms with E-state index < -0.39 is 0 Å². The molecule has 0 spiro atoms. The van der Waals surface area contributed by atoms with Crippen LogP contribution in [0.25, 0.3) is 0 Å². The first-order valence-corrected chi connectivity index (χ1v) is 6.31. The predicted octanol–water partition coefficient (Wildman–Crippen LogP) is 0.810. The van der Waals surface area contributed by atoms with E-state index in [1.807, 2.05) is 6.92 Å². The fourth-order valence-corrected chi connectivity index (χ4v) is 1.33. The van der Waals surface area contributed by atoms with Gasteiger partial charge in [-0.25, -0.2) is 0 Å². The molecule has 0 heterocycles. The van der Waals surface area contributed by atoms with Gasteiger partial charge in [-0.1, -0.05) is 0 Å². The standard InChI is InChI=1S/C12H27NO4/c1-3-17-12(11-13)5-8-15-6-4-7-16-10-9-14-2/h12H,3-11,13H2,1-2H3. The number of hydrogen-bond acceptors (Lipinski definition) is 5. The second-order valence-corrected chi connectivity index (χ2v) is 3.67. The van der Waals surface area contributed by atoms with Gasteiger partial charge >= 0.3 is 0 Å². The highest BCUT2D eigenvalue weighted by atomic mass is 16.5. The Morgan fingerprint density at radius 1 is 1.00 bits per heavy atom. The van der Waals surface area contributed by atoms with Crippen LogP contribution < -0.4 is 5.73 Å². The summed E-state index contributed by atoms with van der Waals surface area (Å²) >= 11 is 0. The molecule has 17 heavy (non-hydrogen) atoms. The van der Waals surface area contributed by atoms with Gasteiger partial charge in [0.1, 0.15) is 0 Å². The van der Waals surface area contributed by atoms with Gasteiger partial charge < -0.3 is 24.7 Å². The Kier molecular flexibility index (Phi) is 13.7. The number of rotatable bonds is 13. The molecule has 0 fully saturated rings. The Morgan fingerprint density at radius 3 is 2.29 bits per heavy atom. The highest BCUT2D eigenvalue weighted by molar-refractivity contribution is 4.57. The van der Waals surface area contributed by atoms with E-state index in [-0.39, 0.29) is 6.10 Å². The predicted molar refractivity (Wildman–Crippen MR) is 67.2 cm³/mol. The van der Waals surface area contributed by atoms with Gasteiger partial charge in [-0.05, 0) is 19.8 Å². The van der Waals surface area contributed by atoms with Crippen molar-refractivity contribution in [3.05, 3.63) is 0 Å². The summed E-state index contributed by atoms with van der Waals surface area (Å²) in [6.45, 7) is 6.66. The molecule has 2 N–H and O–H groups in total. The van der Waals surface area contributed by atoms with Crippen molar-refractivity contribution in [2.75, 3.05) is 53.3 Å². The fraction of sp³-hybridized carbons (Fsp3) is 1.00. The Labute approximate surface area is 105 Å². The third-order valence-corrected chi connectivity index (χ3v) is 2.26. The molecule has 1 atom stereocenters. The van der Waals surface area contributed by atoms with Crippen molar-refractivity contribution in [2.45, 2.75) is 25.9 Å². The fourth-order valence-electron chi connectivity index (χ4n) is 1.33. The highest BCUT2D eigenvalue weighted by Gasteiger charge is 2.04. The molecule has 0 aliphatic heterocycles. The molecular weight excluding hydrogens is 222 g/mol. The lowest BCUT2D eigenvalue weighted by Crippen LogP contribution is -2.25. The van der Waals surface area contributed by atoms with Gasteiger partial charge in [0.25, 0.3) is 0 Å². The Morgan fingerprint density at radius 2 is 1.71 bits per heavy atom. The summed E-state index contributed by atoms with van der Waals surface area (Å²) in [5.41, 5.74) is 5.56. The monoisotopic (exact) mass is 249 g/mol. The van der Waals surface area contributed by atoms with Gasteiger partial charge in [-0.15, -0.1) is 0 Å². The number of nitrogens with two attached hydrogens (primary N) is 1. The van der Waals surface area contributed by atoms with E-state index in [2.05, 4.69) is 0 Å². The molecule has 0 bridgehead atoms. The molecular formula is C12H27NO4. The van der Waals surface area contributed by atoms with Crippen molar-refractivity contribution in [2.24, 2.45) is 5.73 Å². The molecule has 5 heteroatoms. The van der Waals surface area contributed by atoms with Crippen molar-refractivity contribution in [1.29, 1.82) is 0 Å². The molecule has 0 rings (SSSR count). The van der Waals surface area contributed by atoms with Gasteiger partial charge in [0.2, 0.25) is 0 Å². The molecule has 0 aliphatic carbocycles. The van der Waals surface area contributed by atoms with Crippen LogP contribution in [0.1, 0.15) is 19.8 Å². The second-order valence-electron chi connectivity index (χ2n) is 3.67. The van der Waals surface area contributed by atoms with E-state index in [1.165, 1.54) is 0 Å². The van der Waals surface area contributed by atoms with Crippen LogP contribution in [0.5, 0.6) is 0 Å². The maximum absolute atomic E-state index is 5.56. The third-order valence-electron chi connectivity index (χ3n) is 2.26. The lowest BCUT2D eigenvalue weighted by atomic mass is 10.2. The van der Waals surface area contributed by atoms with Crippen LogP contribution >= 0.6 is 0 Å². The minimum Gasteiger partial charge on any atom is -0.382 e. The summed E-state index contributed by atoms with van der Waals surface area (Å²) in [5, 5.41) is 0. The van der Waals surface area contributed by atoms with E-state index in [9.17, 15) is 0 Å². The topological polar surface area (TPSA) is 62.9 Å². The molecule has 0 aromatic heterocycles. The van der Waals surface area contributed by atoms with Crippen LogP contribution in [0, 0.1) is 0 Å². The normalized spacial score (nSPS) is 12.9. The molecule has 5 nitrogen and oxygen atoms in total. The first-order valence-electron chi connectivity index (χ1n) is 6.31. The van der Waals surface area contributed by atoms with Crippen LogP contribution in [0.15, 0.2) is 0 Å². The van der Waals surface area contributed by atoms with Crippen molar-refractivity contribution < 1.29 is 18.9 Å². The number of ether oxygens (including phenoxy) is 4. The van der Waals surface area contributed by atoms with Crippen LogP contribution in [0.3, 0.4) is 0 Å². The molecule has 0 radical (unpaired) electrons. The zero-order valence-electron chi connectivity index (χ0n) is 11.2. The summed E-state index contributed by atoms with van der Waals surface area (Å²) in [6, 6.07) is 0. The molecule has 0 amide bonds. The maximum atomic E-state index is 5.56. The summed E-state index contributed by atoms with van der Waals surface area (Å²) in [6.07, 6.45) is 1.89. The van der Waals surface area contributed by atoms with E-state index in [0.29, 0.717) is 33.0 Å². The molecule has 0 aromatic rings. The van der Waals surface area contributed by atoms with Crippen LogP contribution in [-0.4, -0.2) is 59.4 Å². The van der Waals surface area contributed by atoms with Crippen LogP contribution in [-0.2, 0) is 18.9 Å². The third kappa shape index (κ3) is 12.1. The lowest BCUT2D eigenvalue weighted by Gasteiger charge is -2.14. The number of hydrogen-bond donors (Lipinski definition) is 1. The molecule has 1 unspecified atom stereocenters. The highest BCUT2D eigenvalue weighted by Crippen LogP contribution is 1.97. The lowest BCUT2D eigenvalue weighted by molar-refractivity contribution is 0.0231. The van der Waals surface area contributed by atoms with Crippen molar-refractivity contribution in [1.82, 2.24) is 0 Å². The summed E-state index contributed by atoms with van der Waals surface area (Å²) in [5.74, 6) is 0. The molecule has 0 saturated carbocycles. The van der Waals surface area contributed by atoms with Crippen LogP contribution in [0.4, 0.5) is 0 Å². The van der Waals surface area contributed by atoms with E-state index >= 15 is 0 Å². The minimum atomic E-state index is 0.123. The van der Waals surface area contributed by atoms with E-state index in [4.69, 9.17) is 24.7 Å². The Hall–Kier alpha value is -0.200. The van der Waals surface area contributed by atoms with E-state index in [0.717, 1.165) is 26.1 Å². The van der Waals surface area contributed by atoms with Crippen molar-refractivity contribution in [3.63, 3.8) is 0 Å². The summed E-state index contributed by atoms with van der Waals surface area (Å²) in [7, 11) is 1.67. The first kappa shape index (κ1) is 16.8. The summed E-state index contributed by atoms with van der Waals surface area (Å²) < 4.78 is 21.1. The maximum Gasteiger partial charge on any atom is 0.0719 e. The number of methoxy groups -OCH3 is 1. The average molecular weight is 249 g/mol. The largest absolute Gasteiger partial charge is 0.382 e. The van der Waals surface area contributed by atoms with Crippen LogP contribution in [0.2, 0.25) is 0 Å². The molecule has 104 valence electrons. The van der Waals surface area contributed by atoms with Gasteiger partial charge in [0.05, 0.1) is 19.3 Å². The van der Waals surface area contributed by atoms with Gasteiger partial charge in [0.15, 0.2) is 0 Å². The average Bonchev–Trinajstić information content (AvgIpc) is 2.35. The smallest absolute Gasteiger partial charge is 0.0719 e. The Bertz CT molecular complexity index is 146. The van der Waals surface area contributed by atoms with Crippen molar-refractivity contribution in [3.8, 4) is 0 Å². The molecule has 0 aliphatic rings. The minimum absolute atomic E-state index is 0.123. The van der Waals surface area contributed by atoms with Crippen molar-refractivity contribution >= 4 is 0 Å².